The highest BCUT2D eigenvalue weighted by Crippen LogP contribution is 2.27. The van der Waals surface area contributed by atoms with E-state index in [4.69, 9.17) is 4.52 Å². The van der Waals surface area contributed by atoms with Gasteiger partial charge in [-0.05, 0) is 53.2 Å². The Morgan fingerprint density at radius 3 is 2.59 bits per heavy atom. The lowest BCUT2D eigenvalue weighted by molar-refractivity contribution is -0.136. The minimum Gasteiger partial charge on any atom is -0.364 e. The van der Waals surface area contributed by atoms with Gasteiger partial charge < -0.3 is 19.6 Å². The molecule has 2 atom stereocenters. The van der Waals surface area contributed by atoms with Crippen LogP contribution < -0.4 is 5.32 Å². The molecule has 0 saturated carbocycles. The van der Waals surface area contributed by atoms with E-state index in [1.165, 1.54) is 6.26 Å². The number of likely N-dealkylation sites (tertiary alicyclic amines) is 2. The smallest absolute Gasteiger partial charge is 0.273 e. The molecule has 1 aromatic heterocycles. The highest BCUT2D eigenvalue weighted by molar-refractivity contribution is 5.92. The number of carbonyl (C=O) groups is 2. The topological polar surface area (TPSA) is 81.9 Å². The number of nitrogens with one attached hydrogen (secondary N) is 1. The number of rotatable bonds is 6. The van der Waals surface area contributed by atoms with Gasteiger partial charge in [0.15, 0.2) is 5.69 Å². The normalized spacial score (nSPS) is 24.9. The first-order valence-corrected chi connectivity index (χ1v) is 9.97. The minimum absolute atomic E-state index is 0.0571. The van der Waals surface area contributed by atoms with Crippen LogP contribution in [-0.4, -0.2) is 89.6 Å². The maximum Gasteiger partial charge on any atom is 0.273 e. The van der Waals surface area contributed by atoms with Gasteiger partial charge in [-0.2, -0.15) is 0 Å². The zero-order chi connectivity index (χ0) is 19.4. The van der Waals surface area contributed by atoms with Gasteiger partial charge in [-0.15, -0.1) is 0 Å². The van der Waals surface area contributed by atoms with E-state index in [2.05, 4.69) is 27.3 Å². The summed E-state index contributed by atoms with van der Waals surface area (Å²) in [5, 5.41) is 6.74. The van der Waals surface area contributed by atoms with E-state index >= 15 is 0 Å². The van der Waals surface area contributed by atoms with Gasteiger partial charge in [0, 0.05) is 37.8 Å². The van der Waals surface area contributed by atoms with E-state index in [1.54, 1.807) is 6.07 Å². The number of hydrogen-bond acceptors (Lipinski definition) is 6. The van der Waals surface area contributed by atoms with Crippen LogP contribution in [0.1, 0.15) is 43.6 Å². The summed E-state index contributed by atoms with van der Waals surface area (Å²) in [5.74, 6) is -0.0647. The van der Waals surface area contributed by atoms with Crippen molar-refractivity contribution in [3.8, 4) is 0 Å². The van der Waals surface area contributed by atoms with Crippen LogP contribution in [0.3, 0.4) is 0 Å². The van der Waals surface area contributed by atoms with E-state index in [9.17, 15) is 9.59 Å². The summed E-state index contributed by atoms with van der Waals surface area (Å²) in [7, 11) is 2.14. The molecule has 0 unspecified atom stereocenters. The molecule has 8 heteroatoms. The summed E-state index contributed by atoms with van der Waals surface area (Å²) in [6, 6.07) is 1.72. The van der Waals surface area contributed by atoms with Crippen molar-refractivity contribution in [1.82, 2.24) is 25.2 Å². The third-order valence-corrected chi connectivity index (χ3v) is 5.86. The molecule has 8 nitrogen and oxygen atoms in total. The van der Waals surface area contributed by atoms with E-state index < -0.39 is 0 Å². The van der Waals surface area contributed by atoms with Gasteiger partial charge in [0.05, 0.1) is 6.04 Å². The monoisotopic (exact) mass is 377 g/mol. The van der Waals surface area contributed by atoms with Crippen molar-refractivity contribution in [2.24, 2.45) is 0 Å². The van der Waals surface area contributed by atoms with Gasteiger partial charge in [0.25, 0.3) is 5.91 Å². The fourth-order valence-electron chi connectivity index (χ4n) is 4.27. The second-order valence-corrected chi connectivity index (χ2v) is 7.55. The number of aromatic nitrogens is 1. The maximum atomic E-state index is 13.1. The van der Waals surface area contributed by atoms with E-state index in [-0.39, 0.29) is 29.6 Å². The zero-order valence-corrected chi connectivity index (χ0v) is 16.6. The molecule has 2 aliphatic rings. The van der Waals surface area contributed by atoms with E-state index in [1.807, 2.05) is 18.7 Å². The molecule has 2 saturated heterocycles. The highest BCUT2D eigenvalue weighted by atomic mass is 16.5. The lowest BCUT2D eigenvalue weighted by Gasteiger charge is -2.38. The Balaban J connectivity index is 1.71. The van der Waals surface area contributed by atoms with Crippen molar-refractivity contribution >= 4 is 11.8 Å². The van der Waals surface area contributed by atoms with Crippen molar-refractivity contribution in [3.63, 3.8) is 0 Å². The van der Waals surface area contributed by atoms with Crippen LogP contribution in [0.5, 0.6) is 0 Å². The molecule has 27 heavy (non-hydrogen) atoms. The predicted octanol–water partition coefficient (Wildman–Crippen LogP) is 0.810. The molecule has 2 amide bonds. The van der Waals surface area contributed by atoms with Gasteiger partial charge in [0.2, 0.25) is 5.91 Å². The van der Waals surface area contributed by atoms with Crippen molar-refractivity contribution in [1.29, 1.82) is 0 Å². The molecule has 3 rings (SSSR count). The van der Waals surface area contributed by atoms with Crippen molar-refractivity contribution < 1.29 is 14.1 Å². The summed E-state index contributed by atoms with van der Waals surface area (Å²) in [5.41, 5.74) is 0.277. The fraction of sp³-hybridized carbons (Fsp3) is 0.737. The van der Waals surface area contributed by atoms with Crippen LogP contribution in [0.2, 0.25) is 0 Å². The molecule has 1 aromatic rings. The molecule has 0 radical (unpaired) electrons. The Kier molecular flexibility index (Phi) is 6.49. The first kappa shape index (κ1) is 19.8. The lowest BCUT2D eigenvalue weighted by atomic mass is 10.0. The molecule has 150 valence electrons. The van der Waals surface area contributed by atoms with Crippen LogP contribution >= 0.6 is 0 Å². The van der Waals surface area contributed by atoms with Crippen LogP contribution in [0, 0.1) is 0 Å². The average Bonchev–Trinajstić information content (AvgIpc) is 3.33. The fourth-order valence-corrected chi connectivity index (χ4v) is 4.27. The van der Waals surface area contributed by atoms with Gasteiger partial charge in [0.1, 0.15) is 6.26 Å². The zero-order valence-electron chi connectivity index (χ0n) is 16.6. The lowest BCUT2D eigenvalue weighted by Crippen LogP contribution is -2.52. The highest BCUT2D eigenvalue weighted by Gasteiger charge is 2.42. The Morgan fingerprint density at radius 1 is 1.30 bits per heavy atom. The third kappa shape index (κ3) is 4.50. The van der Waals surface area contributed by atoms with E-state index in [0.29, 0.717) is 32.1 Å². The quantitative estimate of drug-likeness (QED) is 0.790. The Labute approximate surface area is 160 Å². The molecular formula is C19H31N5O3. The van der Waals surface area contributed by atoms with Gasteiger partial charge in [-0.1, -0.05) is 5.16 Å². The van der Waals surface area contributed by atoms with Crippen LogP contribution in [0.15, 0.2) is 16.9 Å². The van der Waals surface area contributed by atoms with Crippen molar-refractivity contribution in [3.05, 3.63) is 18.0 Å². The summed E-state index contributed by atoms with van der Waals surface area (Å²) < 4.78 is 4.76. The second-order valence-electron chi connectivity index (χ2n) is 7.55. The van der Waals surface area contributed by atoms with Crippen LogP contribution in [0.25, 0.3) is 0 Å². The molecular weight excluding hydrogens is 346 g/mol. The summed E-state index contributed by atoms with van der Waals surface area (Å²) >= 11 is 0. The summed E-state index contributed by atoms with van der Waals surface area (Å²) in [6.07, 6.45) is 4.15. The minimum atomic E-state index is -0.243. The molecule has 0 aromatic carbocycles. The van der Waals surface area contributed by atoms with Crippen molar-refractivity contribution in [2.45, 2.75) is 51.2 Å². The standard InChI is InChI=1S/C19H31N5O3/c1-4-23(5-2)19(26)17-12-14(20-18(25)16-8-11-27-21-16)13-24(17)15-6-9-22(3)10-7-15/h8,11,14-15,17H,4-7,9-10,12-13H2,1-3H3,(H,20,25)/t14-,17+/m1/s1. The molecule has 0 aliphatic carbocycles. The van der Waals surface area contributed by atoms with Crippen LogP contribution in [0.4, 0.5) is 0 Å². The largest absolute Gasteiger partial charge is 0.364 e. The number of amides is 2. The Bertz CT molecular complexity index is 623. The number of likely N-dealkylation sites (N-methyl/N-ethyl adjacent to an activating group) is 1. The second kappa shape index (κ2) is 8.84. The van der Waals surface area contributed by atoms with Crippen LogP contribution in [-0.2, 0) is 4.79 Å². The van der Waals surface area contributed by atoms with Gasteiger partial charge in [-0.3, -0.25) is 14.5 Å². The molecule has 2 aliphatic heterocycles. The molecule has 2 fully saturated rings. The number of nitrogens with zero attached hydrogens (tertiary/aromatic N) is 4. The Morgan fingerprint density at radius 2 is 2.00 bits per heavy atom. The first-order chi connectivity index (χ1) is 13.0. The molecule has 0 spiro atoms. The number of carbonyl (C=O) groups excluding carboxylic acids is 2. The number of hydrogen-bond donors (Lipinski definition) is 1. The average molecular weight is 377 g/mol. The first-order valence-electron chi connectivity index (χ1n) is 9.97. The van der Waals surface area contributed by atoms with E-state index in [0.717, 1.165) is 25.9 Å². The molecule has 3 heterocycles. The predicted molar refractivity (Wildman–Crippen MR) is 101 cm³/mol. The van der Waals surface area contributed by atoms with Gasteiger partial charge >= 0.3 is 0 Å². The number of piperidine rings is 1. The third-order valence-electron chi connectivity index (χ3n) is 5.86. The summed E-state index contributed by atoms with van der Waals surface area (Å²) in [6.45, 7) is 8.24. The van der Waals surface area contributed by atoms with Gasteiger partial charge in [-0.25, -0.2) is 0 Å². The SMILES string of the molecule is CCN(CC)C(=O)[C@@H]1C[C@@H](NC(=O)c2ccon2)CN1C1CCN(C)CC1. The molecule has 1 N–H and O–H groups in total. The molecule has 0 bridgehead atoms. The summed E-state index contributed by atoms with van der Waals surface area (Å²) in [4.78, 5) is 32.0. The Hall–Kier alpha value is -1.93. The van der Waals surface area contributed by atoms with Crippen molar-refractivity contribution in [2.75, 3.05) is 39.8 Å². The maximum absolute atomic E-state index is 13.1.